The van der Waals surface area contributed by atoms with Gasteiger partial charge < -0.3 is 0 Å². The van der Waals surface area contributed by atoms with Gasteiger partial charge in [-0.25, -0.2) is 4.98 Å². The van der Waals surface area contributed by atoms with Crippen LogP contribution in [0.5, 0.6) is 0 Å². The Morgan fingerprint density at radius 1 is 1.40 bits per heavy atom. The number of hydrogen-bond acceptors (Lipinski definition) is 4. The summed E-state index contributed by atoms with van der Waals surface area (Å²) in [6, 6.07) is 4.68. The van der Waals surface area contributed by atoms with Crippen molar-refractivity contribution in [1.82, 2.24) is 9.55 Å². The first-order valence-electron chi connectivity index (χ1n) is 5.55. The summed E-state index contributed by atoms with van der Waals surface area (Å²) in [5.41, 5.74) is 0.651. The van der Waals surface area contributed by atoms with E-state index in [4.69, 9.17) is 23.2 Å². The molecular weight excluding hydrogens is 305 g/mol. The minimum absolute atomic E-state index is 0.00330. The minimum atomic E-state index is -0.488. The second-order valence-corrected chi connectivity index (χ2v) is 4.84. The lowest BCUT2D eigenvalue weighted by Gasteiger charge is -2.09. The van der Waals surface area contributed by atoms with Gasteiger partial charge in [-0.15, -0.1) is 0 Å². The zero-order valence-corrected chi connectivity index (χ0v) is 11.9. The van der Waals surface area contributed by atoms with Gasteiger partial charge >= 0.3 is 0 Å². The zero-order chi connectivity index (χ0) is 14.9. The first-order valence-corrected chi connectivity index (χ1v) is 6.30. The molecule has 0 atom stereocenters. The Hall–Kier alpha value is -1.92. The van der Waals surface area contributed by atoms with Gasteiger partial charge in [0.05, 0.1) is 17.8 Å². The van der Waals surface area contributed by atoms with Crippen molar-refractivity contribution in [3.63, 3.8) is 0 Å². The Balaban J connectivity index is 2.46. The third kappa shape index (κ3) is 2.66. The molecule has 0 saturated heterocycles. The SMILES string of the molecule is Cc1c(Cn2cnc(Cl)c(Cl)c2=O)cccc1[N+](=O)[O-]. The van der Waals surface area contributed by atoms with Crippen molar-refractivity contribution in [3.8, 4) is 0 Å². The molecule has 0 bridgehead atoms. The van der Waals surface area contributed by atoms with Crippen LogP contribution in [0.2, 0.25) is 10.2 Å². The second kappa shape index (κ2) is 5.60. The van der Waals surface area contributed by atoms with Gasteiger partial charge in [0.2, 0.25) is 0 Å². The van der Waals surface area contributed by atoms with Crippen molar-refractivity contribution in [1.29, 1.82) is 0 Å². The number of hydrogen-bond donors (Lipinski definition) is 0. The Morgan fingerprint density at radius 3 is 2.75 bits per heavy atom. The van der Waals surface area contributed by atoms with Gasteiger partial charge in [-0.1, -0.05) is 35.3 Å². The highest BCUT2D eigenvalue weighted by molar-refractivity contribution is 6.40. The molecule has 0 saturated carbocycles. The smallest absolute Gasteiger partial charge is 0.273 e. The van der Waals surface area contributed by atoms with E-state index >= 15 is 0 Å². The van der Waals surface area contributed by atoms with Crippen LogP contribution in [0.4, 0.5) is 5.69 Å². The van der Waals surface area contributed by atoms with Gasteiger partial charge in [-0.05, 0) is 12.5 Å². The maximum Gasteiger partial charge on any atom is 0.273 e. The number of aromatic nitrogens is 2. The number of nitrogens with zero attached hydrogens (tertiary/aromatic N) is 3. The summed E-state index contributed by atoms with van der Waals surface area (Å²) in [4.78, 5) is 26.1. The Kier molecular flexibility index (Phi) is 4.06. The Morgan fingerprint density at radius 2 is 2.10 bits per heavy atom. The lowest BCUT2D eigenvalue weighted by molar-refractivity contribution is -0.385. The van der Waals surface area contributed by atoms with E-state index < -0.39 is 10.5 Å². The number of nitro groups is 1. The second-order valence-electron chi connectivity index (χ2n) is 4.10. The highest BCUT2D eigenvalue weighted by Gasteiger charge is 2.14. The molecule has 2 aromatic rings. The summed E-state index contributed by atoms with van der Waals surface area (Å²) in [6.45, 7) is 1.76. The van der Waals surface area contributed by atoms with Gasteiger partial charge in [-0.2, -0.15) is 0 Å². The van der Waals surface area contributed by atoms with Gasteiger partial charge in [0.15, 0.2) is 5.15 Å². The van der Waals surface area contributed by atoms with Crippen molar-refractivity contribution in [3.05, 3.63) is 66.3 Å². The van der Waals surface area contributed by atoms with Gasteiger partial charge in [0.25, 0.3) is 11.2 Å². The van der Waals surface area contributed by atoms with Crippen LogP contribution in [0.1, 0.15) is 11.1 Å². The normalized spacial score (nSPS) is 10.6. The van der Waals surface area contributed by atoms with E-state index in [0.29, 0.717) is 11.1 Å². The Labute approximate surface area is 123 Å². The maximum atomic E-state index is 11.9. The summed E-state index contributed by atoms with van der Waals surface area (Å²) < 4.78 is 1.25. The Bertz CT molecular complexity index is 743. The predicted molar refractivity (Wildman–Crippen MR) is 75.5 cm³/mol. The summed E-state index contributed by atoms with van der Waals surface area (Å²) in [6.07, 6.45) is 1.26. The lowest BCUT2D eigenvalue weighted by atomic mass is 10.1. The van der Waals surface area contributed by atoms with Crippen LogP contribution in [-0.4, -0.2) is 14.5 Å². The van der Waals surface area contributed by atoms with Crippen molar-refractivity contribution in [2.45, 2.75) is 13.5 Å². The third-order valence-electron chi connectivity index (χ3n) is 2.89. The van der Waals surface area contributed by atoms with E-state index in [9.17, 15) is 14.9 Å². The fraction of sp³-hybridized carbons (Fsp3) is 0.167. The molecule has 8 heteroatoms. The molecule has 1 aromatic heterocycles. The maximum absolute atomic E-state index is 11.9. The number of rotatable bonds is 3. The van der Waals surface area contributed by atoms with Crippen molar-refractivity contribution in [2.24, 2.45) is 0 Å². The molecule has 20 heavy (non-hydrogen) atoms. The molecule has 0 unspecified atom stereocenters. The van der Waals surface area contributed by atoms with Crippen molar-refractivity contribution in [2.75, 3.05) is 0 Å². The van der Waals surface area contributed by atoms with Gasteiger partial charge in [-0.3, -0.25) is 19.5 Å². The number of benzene rings is 1. The minimum Gasteiger partial charge on any atom is -0.293 e. The largest absolute Gasteiger partial charge is 0.293 e. The highest BCUT2D eigenvalue weighted by atomic mass is 35.5. The summed E-state index contributed by atoms with van der Waals surface area (Å²) >= 11 is 11.4. The quantitative estimate of drug-likeness (QED) is 0.496. The van der Waals surface area contributed by atoms with Crippen LogP contribution in [-0.2, 0) is 6.54 Å². The molecule has 0 aliphatic rings. The monoisotopic (exact) mass is 313 g/mol. The van der Waals surface area contributed by atoms with Crippen LogP contribution >= 0.6 is 23.2 Å². The summed E-state index contributed by atoms with van der Waals surface area (Å²) in [5.74, 6) is 0. The van der Waals surface area contributed by atoms with Crippen molar-refractivity contribution < 1.29 is 4.92 Å². The van der Waals surface area contributed by atoms with E-state index in [2.05, 4.69) is 4.98 Å². The van der Waals surface area contributed by atoms with Crippen LogP contribution in [0.15, 0.2) is 29.3 Å². The standard InChI is InChI=1S/C12H9Cl2N3O3/c1-7-8(3-2-4-9(7)17(19)20)5-16-6-15-11(14)10(13)12(16)18/h2-4,6H,5H2,1H3. The van der Waals surface area contributed by atoms with Crippen LogP contribution in [0.25, 0.3) is 0 Å². The number of halogens is 2. The van der Waals surface area contributed by atoms with E-state index in [1.165, 1.54) is 17.0 Å². The summed E-state index contributed by atoms with van der Waals surface area (Å²) in [7, 11) is 0. The number of nitro benzene ring substituents is 1. The summed E-state index contributed by atoms with van der Waals surface area (Å²) in [5, 5.41) is 10.6. The van der Waals surface area contributed by atoms with E-state index in [0.717, 1.165) is 0 Å². The average Bonchev–Trinajstić information content (AvgIpc) is 2.41. The molecule has 6 nitrogen and oxygen atoms in total. The van der Waals surface area contributed by atoms with Crippen LogP contribution in [0, 0.1) is 17.0 Å². The molecule has 2 rings (SSSR count). The predicted octanol–water partition coefficient (Wildman–Crippen LogP) is 2.82. The average molecular weight is 314 g/mol. The fourth-order valence-electron chi connectivity index (χ4n) is 1.78. The lowest BCUT2D eigenvalue weighted by Crippen LogP contribution is -2.22. The van der Waals surface area contributed by atoms with Crippen molar-refractivity contribution >= 4 is 28.9 Å². The molecule has 104 valence electrons. The molecule has 0 radical (unpaired) electrons. The van der Waals surface area contributed by atoms with E-state index in [-0.39, 0.29) is 22.4 Å². The first-order chi connectivity index (χ1) is 9.41. The first kappa shape index (κ1) is 14.5. The third-order valence-corrected chi connectivity index (χ3v) is 3.62. The topological polar surface area (TPSA) is 78.0 Å². The molecule has 0 N–H and O–H groups in total. The molecule has 1 heterocycles. The van der Waals surface area contributed by atoms with Crippen LogP contribution < -0.4 is 5.56 Å². The zero-order valence-electron chi connectivity index (χ0n) is 10.3. The molecule has 0 fully saturated rings. The van der Waals surface area contributed by atoms with Crippen LogP contribution in [0.3, 0.4) is 0 Å². The molecule has 0 aliphatic carbocycles. The van der Waals surface area contributed by atoms with Gasteiger partial charge in [0.1, 0.15) is 5.02 Å². The fourth-order valence-corrected chi connectivity index (χ4v) is 2.06. The van der Waals surface area contributed by atoms with E-state index in [1.54, 1.807) is 19.1 Å². The molecule has 0 spiro atoms. The van der Waals surface area contributed by atoms with E-state index in [1.807, 2.05) is 0 Å². The molecule has 1 aromatic carbocycles. The molecule has 0 amide bonds. The van der Waals surface area contributed by atoms with Gasteiger partial charge in [0, 0.05) is 11.6 Å². The molecular formula is C12H9Cl2N3O3. The molecule has 0 aliphatic heterocycles. The highest BCUT2D eigenvalue weighted by Crippen LogP contribution is 2.22.